The van der Waals surface area contributed by atoms with Crippen LogP contribution in [0.25, 0.3) is 10.9 Å². The number of nitrogens with zero attached hydrogens (tertiary/aromatic N) is 2. The Kier molecular flexibility index (Phi) is 4.14. The van der Waals surface area contributed by atoms with Gasteiger partial charge < -0.3 is 9.88 Å². The van der Waals surface area contributed by atoms with E-state index < -0.39 is 17.4 Å². The van der Waals surface area contributed by atoms with E-state index in [4.69, 9.17) is 0 Å². The monoisotopic (exact) mass is 442 g/mol. The molecule has 3 amide bonds. The first-order valence-electron chi connectivity index (χ1n) is 11.4. The summed E-state index contributed by atoms with van der Waals surface area (Å²) < 4.78 is 0. The molecule has 2 aromatic carbocycles. The maximum atomic E-state index is 13.8. The summed E-state index contributed by atoms with van der Waals surface area (Å²) in [4.78, 5) is 47.4. The molecule has 0 aliphatic carbocycles. The van der Waals surface area contributed by atoms with Crippen LogP contribution in [-0.2, 0) is 26.3 Å². The second-order valence-electron chi connectivity index (χ2n) is 9.65. The van der Waals surface area contributed by atoms with Crippen LogP contribution in [0.5, 0.6) is 0 Å². The molecule has 3 aliphatic rings. The number of aromatic nitrogens is 1. The molecule has 3 aromatic rings. The largest absolute Gasteiger partial charge is 0.361 e. The number of benzene rings is 2. The first-order valence-corrected chi connectivity index (χ1v) is 11.4. The Balaban J connectivity index is 1.51. The summed E-state index contributed by atoms with van der Waals surface area (Å²) in [7, 11) is 1.74. The quantitative estimate of drug-likeness (QED) is 0.611. The third-order valence-corrected chi connectivity index (χ3v) is 7.66. The van der Waals surface area contributed by atoms with Crippen molar-refractivity contribution in [2.24, 2.45) is 11.8 Å². The molecule has 2 fully saturated rings. The lowest BCUT2D eigenvalue weighted by molar-refractivity contribution is -0.144. The fourth-order valence-corrected chi connectivity index (χ4v) is 6.30. The number of imide groups is 1. The molecule has 0 bridgehead atoms. The lowest BCUT2D eigenvalue weighted by Gasteiger charge is -2.31. The normalized spacial score (nSPS) is 28.6. The Bertz CT molecular complexity index is 1330. The Morgan fingerprint density at radius 1 is 1.00 bits per heavy atom. The van der Waals surface area contributed by atoms with Crippen LogP contribution in [0, 0.1) is 11.8 Å². The van der Waals surface area contributed by atoms with Crippen molar-refractivity contribution in [3.8, 4) is 0 Å². The van der Waals surface area contributed by atoms with Crippen LogP contribution >= 0.6 is 0 Å². The zero-order valence-electron chi connectivity index (χ0n) is 18.8. The van der Waals surface area contributed by atoms with E-state index in [-0.39, 0.29) is 29.8 Å². The Morgan fingerprint density at radius 2 is 1.73 bits per heavy atom. The number of rotatable bonds is 3. The summed E-state index contributed by atoms with van der Waals surface area (Å²) in [6.45, 7) is 3.70. The number of hydrogen-bond donors (Lipinski definition) is 2. The maximum absolute atomic E-state index is 13.8. The van der Waals surface area contributed by atoms with Crippen LogP contribution in [0.2, 0.25) is 0 Å². The number of amides is 3. The average Bonchev–Trinajstić information content (AvgIpc) is 3.49. The van der Waals surface area contributed by atoms with Gasteiger partial charge in [0.25, 0.3) is 5.91 Å². The summed E-state index contributed by atoms with van der Waals surface area (Å²) in [6, 6.07) is 15.0. The molecular formula is C26H26N4O3. The van der Waals surface area contributed by atoms with Gasteiger partial charge in [0.15, 0.2) is 0 Å². The third kappa shape index (κ3) is 2.45. The number of carbonyl (C=O) groups is 3. The number of fused-ring (bicyclic) bond motifs is 5. The van der Waals surface area contributed by atoms with Gasteiger partial charge in [0.1, 0.15) is 5.54 Å². The smallest absolute Gasteiger partial charge is 0.252 e. The van der Waals surface area contributed by atoms with E-state index in [1.54, 1.807) is 11.9 Å². The van der Waals surface area contributed by atoms with Crippen LogP contribution in [0.1, 0.15) is 25.0 Å². The van der Waals surface area contributed by atoms with Gasteiger partial charge in [0.05, 0.1) is 11.8 Å². The van der Waals surface area contributed by atoms with Gasteiger partial charge in [-0.1, -0.05) is 36.4 Å². The highest BCUT2D eigenvalue weighted by Crippen LogP contribution is 2.54. The minimum Gasteiger partial charge on any atom is -0.361 e. The second-order valence-corrected chi connectivity index (χ2v) is 9.65. The second kappa shape index (κ2) is 6.78. The first-order chi connectivity index (χ1) is 15.9. The van der Waals surface area contributed by atoms with Gasteiger partial charge in [0, 0.05) is 47.5 Å². The number of hydrogen-bond acceptors (Lipinski definition) is 4. The number of anilines is 1. The number of likely N-dealkylation sites (tertiary alicyclic amines) is 1. The van der Waals surface area contributed by atoms with Crippen molar-refractivity contribution in [2.75, 3.05) is 11.9 Å². The molecule has 2 N–H and O–H groups in total. The van der Waals surface area contributed by atoms with Crippen molar-refractivity contribution in [3.05, 3.63) is 65.9 Å². The first kappa shape index (κ1) is 20.2. The zero-order chi connectivity index (χ0) is 23.1. The zero-order valence-corrected chi connectivity index (χ0v) is 18.8. The van der Waals surface area contributed by atoms with Crippen LogP contribution in [-0.4, -0.2) is 46.7 Å². The molecule has 0 saturated carbocycles. The topological polar surface area (TPSA) is 85.5 Å². The van der Waals surface area contributed by atoms with E-state index in [1.807, 2.05) is 62.5 Å². The van der Waals surface area contributed by atoms with Crippen LogP contribution in [0.3, 0.4) is 0 Å². The van der Waals surface area contributed by atoms with Crippen molar-refractivity contribution < 1.29 is 14.4 Å². The molecule has 7 nitrogen and oxygen atoms in total. The summed E-state index contributed by atoms with van der Waals surface area (Å²) in [5.74, 6) is -1.98. The van der Waals surface area contributed by atoms with Crippen LogP contribution in [0.15, 0.2) is 54.7 Å². The van der Waals surface area contributed by atoms with Gasteiger partial charge in [0.2, 0.25) is 11.8 Å². The van der Waals surface area contributed by atoms with Crippen LogP contribution < -0.4 is 10.2 Å². The lowest BCUT2D eigenvalue weighted by atomic mass is 9.76. The molecule has 2 saturated heterocycles. The molecule has 33 heavy (non-hydrogen) atoms. The minimum absolute atomic E-state index is 0.174. The van der Waals surface area contributed by atoms with Crippen molar-refractivity contribution in [1.29, 1.82) is 0 Å². The SMILES string of the molecule is CC(C)N1C(=O)[C@@H]2[C@H](Cc3c[nH]c4ccccc34)N[C@@]3(C(=O)N(C)c4ccccc43)[C@H]2C1=O. The maximum Gasteiger partial charge on any atom is 0.252 e. The fraction of sp³-hybridized carbons (Fsp3) is 0.346. The highest BCUT2D eigenvalue weighted by atomic mass is 16.2. The predicted octanol–water partition coefficient (Wildman–Crippen LogP) is 2.56. The Labute approximate surface area is 191 Å². The van der Waals surface area contributed by atoms with Gasteiger partial charge in [-0.15, -0.1) is 0 Å². The van der Waals surface area contributed by atoms with E-state index in [1.165, 1.54) is 4.90 Å². The van der Waals surface area contributed by atoms with E-state index in [9.17, 15) is 14.4 Å². The standard InChI is InChI=1S/C26H26N4O3/c1-14(2)30-23(31)21-19(12-15-13-27-18-10-6-4-8-16(15)18)28-26(22(21)24(30)32)17-9-5-7-11-20(17)29(3)25(26)33/h4-11,13-14,19,21-22,27-28H,12H2,1-3H3/t19-,21+,22+,26+/m0/s1. The number of aromatic amines is 1. The van der Waals surface area contributed by atoms with Gasteiger partial charge >= 0.3 is 0 Å². The summed E-state index contributed by atoms with van der Waals surface area (Å²) >= 11 is 0. The summed E-state index contributed by atoms with van der Waals surface area (Å²) in [5, 5.41) is 4.64. The van der Waals surface area contributed by atoms with Gasteiger partial charge in [-0.25, -0.2) is 0 Å². The van der Waals surface area contributed by atoms with Gasteiger partial charge in [-0.05, 0) is 38.0 Å². The van der Waals surface area contributed by atoms with E-state index in [0.717, 1.165) is 27.7 Å². The van der Waals surface area contributed by atoms with Crippen molar-refractivity contribution in [1.82, 2.24) is 15.2 Å². The van der Waals surface area contributed by atoms with Crippen LogP contribution in [0.4, 0.5) is 5.69 Å². The minimum atomic E-state index is -1.23. The molecule has 0 unspecified atom stereocenters. The predicted molar refractivity (Wildman–Crippen MR) is 124 cm³/mol. The van der Waals surface area contributed by atoms with E-state index >= 15 is 0 Å². The Hall–Kier alpha value is -3.45. The highest BCUT2D eigenvalue weighted by molar-refractivity contribution is 6.16. The molecule has 1 aromatic heterocycles. The molecule has 3 aliphatic heterocycles. The fourth-order valence-electron chi connectivity index (χ4n) is 6.30. The summed E-state index contributed by atoms with van der Waals surface area (Å²) in [5.41, 5.74) is 2.42. The number of nitrogens with one attached hydrogen (secondary N) is 2. The van der Waals surface area contributed by atoms with Crippen molar-refractivity contribution in [2.45, 2.75) is 37.9 Å². The van der Waals surface area contributed by atoms with E-state index in [0.29, 0.717) is 6.42 Å². The molecule has 168 valence electrons. The molecule has 1 spiro atoms. The highest BCUT2D eigenvalue weighted by Gasteiger charge is 2.71. The van der Waals surface area contributed by atoms with E-state index in [2.05, 4.69) is 16.4 Å². The average molecular weight is 443 g/mol. The Morgan fingerprint density at radius 3 is 2.52 bits per heavy atom. The number of para-hydroxylation sites is 2. The number of carbonyl (C=O) groups excluding carboxylic acids is 3. The molecule has 6 rings (SSSR count). The number of H-pyrrole nitrogens is 1. The lowest BCUT2D eigenvalue weighted by Crippen LogP contribution is -2.55. The molecule has 7 heteroatoms. The summed E-state index contributed by atoms with van der Waals surface area (Å²) in [6.07, 6.45) is 2.50. The van der Waals surface area contributed by atoms with Crippen molar-refractivity contribution >= 4 is 34.3 Å². The molecular weight excluding hydrogens is 416 g/mol. The van der Waals surface area contributed by atoms with Crippen molar-refractivity contribution in [3.63, 3.8) is 0 Å². The molecule has 0 radical (unpaired) electrons. The van der Waals surface area contributed by atoms with Gasteiger partial charge in [-0.2, -0.15) is 0 Å². The van der Waals surface area contributed by atoms with Gasteiger partial charge in [-0.3, -0.25) is 24.6 Å². The third-order valence-electron chi connectivity index (χ3n) is 7.66. The molecule has 4 atom stereocenters. The number of likely N-dealkylation sites (N-methyl/N-ethyl adjacent to an activating group) is 1. The molecule has 4 heterocycles.